The van der Waals surface area contributed by atoms with Crippen molar-refractivity contribution in [1.29, 1.82) is 0 Å². The highest BCUT2D eigenvalue weighted by Gasteiger charge is 2.18. The predicted molar refractivity (Wildman–Crippen MR) is 73.2 cm³/mol. The first-order valence-corrected chi connectivity index (χ1v) is 6.54. The maximum atomic E-state index is 5.28. The highest BCUT2D eigenvalue weighted by Crippen LogP contribution is 2.34. The standard InChI is InChI=1S/C16H22O/c1-12(2)13-7-9-14(10-8-13)15-5-4-6-16(11-15)17-3/h4-6,9,11-13H,7-8,10H2,1-3H3. The van der Waals surface area contributed by atoms with Crippen LogP contribution in [0, 0.1) is 11.8 Å². The summed E-state index contributed by atoms with van der Waals surface area (Å²) in [4.78, 5) is 0. The van der Waals surface area contributed by atoms with Crippen molar-refractivity contribution < 1.29 is 4.74 Å². The number of rotatable bonds is 3. The van der Waals surface area contributed by atoms with Crippen LogP contribution in [0.1, 0.15) is 38.7 Å². The molecule has 0 spiro atoms. The molecule has 1 aromatic carbocycles. The summed E-state index contributed by atoms with van der Waals surface area (Å²) in [7, 11) is 1.73. The summed E-state index contributed by atoms with van der Waals surface area (Å²) >= 11 is 0. The summed E-state index contributed by atoms with van der Waals surface area (Å²) in [5, 5.41) is 0. The van der Waals surface area contributed by atoms with E-state index in [2.05, 4.69) is 38.1 Å². The molecule has 1 atom stereocenters. The van der Waals surface area contributed by atoms with Crippen molar-refractivity contribution in [1.82, 2.24) is 0 Å². The fraction of sp³-hybridized carbons (Fsp3) is 0.500. The molecule has 1 unspecified atom stereocenters. The maximum absolute atomic E-state index is 5.28. The van der Waals surface area contributed by atoms with E-state index in [9.17, 15) is 0 Å². The molecule has 92 valence electrons. The van der Waals surface area contributed by atoms with Gasteiger partial charge in [0, 0.05) is 0 Å². The minimum absolute atomic E-state index is 0.804. The van der Waals surface area contributed by atoms with Gasteiger partial charge < -0.3 is 4.74 Å². The third-order valence-corrected chi connectivity index (χ3v) is 3.83. The molecule has 1 heteroatoms. The van der Waals surface area contributed by atoms with E-state index in [-0.39, 0.29) is 0 Å². The molecular formula is C16H22O. The Morgan fingerprint density at radius 2 is 2.12 bits per heavy atom. The van der Waals surface area contributed by atoms with Gasteiger partial charge in [0.1, 0.15) is 5.75 Å². The van der Waals surface area contributed by atoms with Crippen LogP contribution in [0.4, 0.5) is 0 Å². The summed E-state index contributed by atoms with van der Waals surface area (Å²) in [5.41, 5.74) is 2.81. The quantitative estimate of drug-likeness (QED) is 0.741. The van der Waals surface area contributed by atoms with Crippen LogP contribution >= 0.6 is 0 Å². The van der Waals surface area contributed by atoms with E-state index in [1.165, 1.54) is 30.4 Å². The van der Waals surface area contributed by atoms with Gasteiger partial charge in [0.25, 0.3) is 0 Å². The van der Waals surface area contributed by atoms with Crippen molar-refractivity contribution in [3.63, 3.8) is 0 Å². The van der Waals surface area contributed by atoms with E-state index in [0.717, 1.165) is 17.6 Å². The Morgan fingerprint density at radius 3 is 2.71 bits per heavy atom. The molecule has 0 aromatic heterocycles. The molecule has 0 bridgehead atoms. The molecule has 0 aliphatic heterocycles. The van der Waals surface area contributed by atoms with E-state index in [1.54, 1.807) is 7.11 Å². The van der Waals surface area contributed by atoms with Gasteiger partial charge in [-0.1, -0.05) is 32.1 Å². The largest absolute Gasteiger partial charge is 0.497 e. The minimum atomic E-state index is 0.804. The van der Waals surface area contributed by atoms with Gasteiger partial charge in [0.05, 0.1) is 7.11 Å². The Kier molecular flexibility index (Phi) is 3.88. The van der Waals surface area contributed by atoms with Gasteiger partial charge in [-0.3, -0.25) is 0 Å². The molecule has 0 amide bonds. The number of hydrogen-bond donors (Lipinski definition) is 0. The van der Waals surface area contributed by atoms with E-state index >= 15 is 0 Å². The van der Waals surface area contributed by atoms with Crippen LogP contribution in [-0.2, 0) is 0 Å². The third-order valence-electron chi connectivity index (χ3n) is 3.83. The van der Waals surface area contributed by atoms with Crippen molar-refractivity contribution in [2.75, 3.05) is 7.11 Å². The average molecular weight is 230 g/mol. The molecule has 0 saturated carbocycles. The Labute approximate surface area is 104 Å². The smallest absolute Gasteiger partial charge is 0.119 e. The van der Waals surface area contributed by atoms with Gasteiger partial charge in [0.2, 0.25) is 0 Å². The van der Waals surface area contributed by atoms with Crippen LogP contribution in [0.25, 0.3) is 5.57 Å². The van der Waals surface area contributed by atoms with Gasteiger partial charge in [-0.25, -0.2) is 0 Å². The molecule has 0 fully saturated rings. The van der Waals surface area contributed by atoms with E-state index < -0.39 is 0 Å². The van der Waals surface area contributed by atoms with E-state index in [1.807, 2.05) is 6.07 Å². The van der Waals surface area contributed by atoms with Crippen molar-refractivity contribution in [3.8, 4) is 5.75 Å². The number of hydrogen-bond acceptors (Lipinski definition) is 1. The number of benzene rings is 1. The topological polar surface area (TPSA) is 9.23 Å². The molecule has 0 N–H and O–H groups in total. The highest BCUT2D eigenvalue weighted by molar-refractivity contribution is 5.67. The zero-order chi connectivity index (χ0) is 12.3. The number of allylic oxidation sites excluding steroid dienone is 2. The maximum Gasteiger partial charge on any atom is 0.119 e. The molecule has 0 saturated heterocycles. The van der Waals surface area contributed by atoms with Gasteiger partial charge in [-0.15, -0.1) is 0 Å². The predicted octanol–water partition coefficient (Wildman–Crippen LogP) is 4.53. The SMILES string of the molecule is COc1cccc(C2=CCC(C(C)C)CC2)c1. The fourth-order valence-corrected chi connectivity index (χ4v) is 2.54. The van der Waals surface area contributed by atoms with Gasteiger partial charge in [-0.2, -0.15) is 0 Å². The normalized spacial score (nSPS) is 20.2. The number of ether oxygens (including phenoxy) is 1. The average Bonchev–Trinajstić information content (AvgIpc) is 2.39. The van der Waals surface area contributed by atoms with E-state index in [0.29, 0.717) is 0 Å². The second-order valence-electron chi connectivity index (χ2n) is 5.24. The first-order valence-electron chi connectivity index (χ1n) is 6.54. The summed E-state index contributed by atoms with van der Waals surface area (Å²) in [5.74, 6) is 2.62. The Hall–Kier alpha value is -1.24. The second kappa shape index (κ2) is 5.39. The summed E-state index contributed by atoms with van der Waals surface area (Å²) in [6.45, 7) is 4.66. The minimum Gasteiger partial charge on any atom is -0.497 e. The van der Waals surface area contributed by atoms with Crippen molar-refractivity contribution in [2.24, 2.45) is 11.8 Å². The van der Waals surface area contributed by atoms with Crippen molar-refractivity contribution >= 4 is 5.57 Å². The third kappa shape index (κ3) is 2.91. The monoisotopic (exact) mass is 230 g/mol. The van der Waals surface area contributed by atoms with Crippen LogP contribution in [-0.4, -0.2) is 7.11 Å². The zero-order valence-corrected chi connectivity index (χ0v) is 11.1. The lowest BCUT2D eigenvalue weighted by Gasteiger charge is -2.25. The lowest BCUT2D eigenvalue weighted by atomic mass is 9.81. The Bertz CT molecular complexity index is 404. The summed E-state index contributed by atoms with van der Waals surface area (Å²) in [6.07, 6.45) is 6.17. The van der Waals surface area contributed by atoms with Crippen LogP contribution in [0.15, 0.2) is 30.3 Å². The molecule has 1 aliphatic rings. The summed E-state index contributed by atoms with van der Waals surface area (Å²) in [6, 6.07) is 8.40. The van der Waals surface area contributed by atoms with Crippen LogP contribution in [0.5, 0.6) is 5.75 Å². The molecule has 1 nitrogen and oxygen atoms in total. The first-order chi connectivity index (χ1) is 8.20. The van der Waals surface area contributed by atoms with Gasteiger partial charge in [-0.05, 0) is 54.4 Å². The first kappa shape index (κ1) is 12.2. The molecule has 17 heavy (non-hydrogen) atoms. The molecule has 1 aromatic rings. The highest BCUT2D eigenvalue weighted by atomic mass is 16.5. The van der Waals surface area contributed by atoms with Crippen molar-refractivity contribution in [2.45, 2.75) is 33.1 Å². The lowest BCUT2D eigenvalue weighted by Crippen LogP contribution is -2.11. The Balaban J connectivity index is 2.13. The van der Waals surface area contributed by atoms with Crippen LogP contribution in [0.2, 0.25) is 0 Å². The van der Waals surface area contributed by atoms with Crippen molar-refractivity contribution in [3.05, 3.63) is 35.9 Å². The molecule has 0 heterocycles. The number of methoxy groups -OCH3 is 1. The molecule has 1 aliphatic carbocycles. The zero-order valence-electron chi connectivity index (χ0n) is 11.1. The molecular weight excluding hydrogens is 208 g/mol. The fourth-order valence-electron chi connectivity index (χ4n) is 2.54. The van der Waals surface area contributed by atoms with Crippen LogP contribution in [0.3, 0.4) is 0 Å². The van der Waals surface area contributed by atoms with Crippen LogP contribution < -0.4 is 4.74 Å². The summed E-state index contributed by atoms with van der Waals surface area (Å²) < 4.78 is 5.28. The van der Waals surface area contributed by atoms with Gasteiger partial charge >= 0.3 is 0 Å². The Morgan fingerprint density at radius 1 is 1.29 bits per heavy atom. The van der Waals surface area contributed by atoms with E-state index in [4.69, 9.17) is 4.74 Å². The second-order valence-corrected chi connectivity index (χ2v) is 5.24. The molecule has 0 radical (unpaired) electrons. The van der Waals surface area contributed by atoms with Gasteiger partial charge in [0.15, 0.2) is 0 Å². The lowest BCUT2D eigenvalue weighted by molar-refractivity contribution is 0.359. The molecule has 2 rings (SSSR count).